The number of hydrogen-bond donors (Lipinski definition) is 9. The zero-order valence-corrected chi connectivity index (χ0v) is 31.6. The third-order valence-electron chi connectivity index (χ3n) is 11.1. The first-order valence-corrected chi connectivity index (χ1v) is 18.3. The first-order valence-electron chi connectivity index (χ1n) is 18.3. The lowest BCUT2D eigenvalue weighted by Crippen LogP contribution is -2.59. The minimum absolute atomic E-state index is 0.0626. The summed E-state index contributed by atoms with van der Waals surface area (Å²) in [6.07, 6.45) is -10.7. The monoisotopic (exact) mass is 787 g/mol. The number of methoxy groups -OCH3 is 1. The van der Waals surface area contributed by atoms with E-state index < -0.39 is 126 Å². The summed E-state index contributed by atoms with van der Waals surface area (Å²) in [4.78, 5) is 55.2. The Labute approximate surface area is 321 Å². The Balaban J connectivity index is 1.24. The van der Waals surface area contributed by atoms with Crippen LogP contribution in [0.4, 0.5) is 0 Å². The molecular formula is C38H49N3O15. The number of benzene rings is 2. The van der Waals surface area contributed by atoms with Gasteiger partial charge in [0.1, 0.15) is 35.1 Å². The van der Waals surface area contributed by atoms with Gasteiger partial charge >= 0.3 is 0 Å². The molecule has 2 aromatic carbocycles. The maximum Gasteiger partial charge on any atom is 0.252 e. The normalized spacial score (nSPS) is 32.5. The maximum atomic E-state index is 13.9. The average molecular weight is 788 g/mol. The second-order valence-corrected chi connectivity index (χ2v) is 15.2. The fourth-order valence-electron chi connectivity index (χ4n) is 7.96. The first kappa shape index (κ1) is 41.6. The minimum atomic E-state index is -2.46. The Morgan fingerprint density at radius 1 is 1.02 bits per heavy atom. The summed E-state index contributed by atoms with van der Waals surface area (Å²) in [6, 6.07) is 3.37. The van der Waals surface area contributed by atoms with Crippen LogP contribution in [0.3, 0.4) is 0 Å². The summed E-state index contributed by atoms with van der Waals surface area (Å²) in [5, 5.41) is 84.0. The van der Waals surface area contributed by atoms with Crippen LogP contribution in [0.25, 0.3) is 0 Å². The lowest BCUT2D eigenvalue weighted by atomic mass is 9.72. The predicted molar refractivity (Wildman–Crippen MR) is 192 cm³/mol. The number of phenols is 2. The van der Waals surface area contributed by atoms with Gasteiger partial charge in [-0.15, -0.1) is 0 Å². The number of phenolic OH excluding ortho intramolecular Hbond substituents is 2. The van der Waals surface area contributed by atoms with Crippen molar-refractivity contribution in [3.63, 3.8) is 0 Å². The molecule has 18 heteroatoms. The van der Waals surface area contributed by atoms with Gasteiger partial charge in [-0.25, -0.2) is 0 Å². The van der Waals surface area contributed by atoms with Gasteiger partial charge in [-0.05, 0) is 47.0 Å². The summed E-state index contributed by atoms with van der Waals surface area (Å²) in [5.74, 6) is -6.86. The molecule has 0 bridgehead atoms. The van der Waals surface area contributed by atoms with Crippen LogP contribution >= 0.6 is 0 Å². The molecule has 0 radical (unpaired) electrons. The van der Waals surface area contributed by atoms with E-state index in [9.17, 15) is 54.9 Å². The Morgan fingerprint density at radius 3 is 2.38 bits per heavy atom. The van der Waals surface area contributed by atoms with E-state index in [1.807, 2.05) is 19.0 Å². The van der Waals surface area contributed by atoms with E-state index in [0.717, 1.165) is 6.92 Å². The van der Waals surface area contributed by atoms with E-state index in [1.165, 1.54) is 32.2 Å². The highest BCUT2D eigenvalue weighted by atomic mass is 16.7. The van der Waals surface area contributed by atoms with Crippen molar-refractivity contribution in [2.75, 3.05) is 40.8 Å². The number of carbonyl (C=O) groups excluding carboxylic acids is 4. The van der Waals surface area contributed by atoms with Crippen molar-refractivity contribution in [1.29, 1.82) is 0 Å². The number of nitrogens with one attached hydrogen (secondary N) is 2. The number of ether oxygens (including phenoxy) is 4. The number of aliphatic hydroxyl groups excluding tert-OH is 3. The molecule has 9 N–H and O–H groups in total. The van der Waals surface area contributed by atoms with Crippen molar-refractivity contribution >= 4 is 23.3 Å². The third kappa shape index (κ3) is 7.30. The molecule has 2 aliphatic carbocycles. The average Bonchev–Trinajstić information content (AvgIpc) is 3.37. The van der Waals surface area contributed by atoms with Gasteiger partial charge in [-0.2, -0.15) is 0 Å². The molecule has 2 saturated heterocycles. The third-order valence-corrected chi connectivity index (χ3v) is 11.1. The molecule has 10 atom stereocenters. The number of hydrogen-bond acceptors (Lipinski definition) is 17. The smallest absolute Gasteiger partial charge is 0.252 e. The first-order chi connectivity index (χ1) is 26.3. The predicted octanol–water partition coefficient (Wildman–Crippen LogP) is -1.46. The standard InChI is InChI=1S/C38H49N3O15/c1-16-28(43)20(40-15-38(52)35(49)33(48)34(56-38)36(50)39-10-7-11-41(3)4)12-23(54-16)55-22-14-37(51,17(2)42)13-19-25(22)32(47)27-26(30(19)45)29(44)18-8-6-9-21(53-5)24(18)31(27)46/h6,8-9,16,20,22-23,28,33-35,40,43,45,47-49,51-52H,7,10-15H2,1-5H3,(H,39,50)/t16-,20-,22-,23+,28+,33-,34-,35-,37+,38-/m1/s1. The summed E-state index contributed by atoms with van der Waals surface area (Å²) >= 11 is 0. The summed E-state index contributed by atoms with van der Waals surface area (Å²) < 4.78 is 23.0. The minimum Gasteiger partial charge on any atom is -0.507 e. The largest absolute Gasteiger partial charge is 0.507 e. The number of rotatable bonds is 12. The molecule has 56 heavy (non-hydrogen) atoms. The van der Waals surface area contributed by atoms with Gasteiger partial charge in [0, 0.05) is 48.5 Å². The van der Waals surface area contributed by atoms with Crippen LogP contribution in [0.15, 0.2) is 18.2 Å². The van der Waals surface area contributed by atoms with E-state index >= 15 is 0 Å². The van der Waals surface area contributed by atoms with Gasteiger partial charge in [-0.3, -0.25) is 19.2 Å². The van der Waals surface area contributed by atoms with E-state index in [1.54, 1.807) is 0 Å². The van der Waals surface area contributed by atoms with Crippen molar-refractivity contribution in [3.05, 3.63) is 51.6 Å². The molecule has 0 spiro atoms. The second-order valence-electron chi connectivity index (χ2n) is 15.2. The summed E-state index contributed by atoms with van der Waals surface area (Å²) in [7, 11) is 5.05. The number of fused-ring (bicyclic) bond motifs is 3. The number of nitrogens with zero attached hydrogens (tertiary/aromatic N) is 1. The van der Waals surface area contributed by atoms with Crippen LogP contribution in [-0.2, 0) is 30.2 Å². The van der Waals surface area contributed by atoms with Crippen LogP contribution in [0.2, 0.25) is 0 Å². The van der Waals surface area contributed by atoms with Crippen molar-refractivity contribution in [3.8, 4) is 17.2 Å². The Morgan fingerprint density at radius 2 is 1.71 bits per heavy atom. The molecule has 1 amide bonds. The lowest BCUT2D eigenvalue weighted by molar-refractivity contribution is -0.255. The van der Waals surface area contributed by atoms with Gasteiger partial charge in [-0.1, -0.05) is 12.1 Å². The molecule has 0 saturated carbocycles. The fourth-order valence-corrected chi connectivity index (χ4v) is 7.96. The molecule has 0 aromatic heterocycles. The van der Waals surface area contributed by atoms with Crippen molar-refractivity contribution < 1.29 is 73.9 Å². The fraction of sp³-hybridized carbons (Fsp3) is 0.579. The van der Waals surface area contributed by atoms with Gasteiger partial charge in [0.15, 0.2) is 24.0 Å². The van der Waals surface area contributed by atoms with Crippen LogP contribution in [0.5, 0.6) is 17.2 Å². The SMILES string of the molecule is COc1cccc2c1C(=O)c1c(O)c3c(c(O)c1C2=O)C[C@@](O)(C(C)=O)C[C@H]3O[C@H]1C[C@@H](NC[C@@]2(O)O[C@@H](C(=O)NCCCN(C)C)[C@@H](O)[C@H]2O)[C@@H](O)[C@@H](C)O1. The molecule has 2 fully saturated rings. The molecular weight excluding hydrogens is 738 g/mol. The molecule has 2 aliphatic heterocycles. The molecule has 2 aromatic rings. The number of amides is 1. The second kappa shape index (κ2) is 15.7. The highest BCUT2D eigenvalue weighted by Gasteiger charge is 2.56. The molecule has 306 valence electrons. The molecule has 2 heterocycles. The quantitative estimate of drug-likeness (QED) is 0.0749. The molecule has 0 unspecified atom stereocenters. The van der Waals surface area contributed by atoms with E-state index in [4.69, 9.17) is 18.9 Å². The van der Waals surface area contributed by atoms with Gasteiger partial charge in [0.2, 0.25) is 11.6 Å². The van der Waals surface area contributed by atoms with Crippen molar-refractivity contribution in [2.45, 2.75) is 99.9 Å². The van der Waals surface area contributed by atoms with E-state index in [2.05, 4.69) is 10.6 Å². The highest BCUT2D eigenvalue weighted by molar-refractivity contribution is 6.31. The van der Waals surface area contributed by atoms with Crippen LogP contribution in [0, 0.1) is 0 Å². The zero-order valence-electron chi connectivity index (χ0n) is 31.6. The Kier molecular flexibility index (Phi) is 11.6. The summed E-state index contributed by atoms with van der Waals surface area (Å²) in [5.41, 5.74) is -3.71. The van der Waals surface area contributed by atoms with Gasteiger partial charge < -0.3 is 70.2 Å². The lowest BCUT2D eigenvalue weighted by Gasteiger charge is -2.43. The molecule has 18 nitrogen and oxygen atoms in total. The number of aromatic hydroxyl groups is 2. The van der Waals surface area contributed by atoms with Crippen LogP contribution < -0.4 is 15.4 Å². The molecule has 6 rings (SSSR count). The topological polar surface area (TPSA) is 274 Å². The van der Waals surface area contributed by atoms with Crippen LogP contribution in [-0.4, -0.2) is 159 Å². The number of carbonyl (C=O) groups is 4. The number of Topliss-reactive ketones (excluding diaryl/α,β-unsaturated/α-hetero) is 1. The van der Waals surface area contributed by atoms with Crippen LogP contribution in [0.1, 0.15) is 82.2 Å². The highest BCUT2D eigenvalue weighted by Crippen LogP contribution is 2.52. The van der Waals surface area contributed by atoms with E-state index in [0.29, 0.717) is 13.0 Å². The maximum absolute atomic E-state index is 13.9. The van der Waals surface area contributed by atoms with Crippen molar-refractivity contribution in [1.82, 2.24) is 15.5 Å². The Hall–Kier alpha value is -4.08. The molecule has 4 aliphatic rings. The van der Waals surface area contributed by atoms with Gasteiger partial charge in [0.25, 0.3) is 5.91 Å². The number of aliphatic hydroxyl groups is 5. The zero-order chi connectivity index (χ0) is 41.0. The Bertz CT molecular complexity index is 1910. The van der Waals surface area contributed by atoms with Crippen molar-refractivity contribution in [2.24, 2.45) is 0 Å². The summed E-state index contributed by atoms with van der Waals surface area (Å²) in [6.45, 7) is 3.01. The van der Waals surface area contributed by atoms with Gasteiger partial charge in [0.05, 0.1) is 48.7 Å². The number of ketones is 3. The van der Waals surface area contributed by atoms with E-state index in [-0.39, 0.29) is 41.0 Å².